The van der Waals surface area contributed by atoms with Crippen molar-refractivity contribution in [3.8, 4) is 5.75 Å². The van der Waals surface area contributed by atoms with E-state index in [-0.39, 0.29) is 0 Å². The summed E-state index contributed by atoms with van der Waals surface area (Å²) in [5, 5.41) is 3.37. The van der Waals surface area contributed by atoms with E-state index in [2.05, 4.69) is 30.2 Å². The highest BCUT2D eigenvalue weighted by molar-refractivity contribution is 6.67. The number of hydrogen-bond acceptors (Lipinski definition) is 2. The van der Waals surface area contributed by atoms with Crippen LogP contribution >= 0.6 is 0 Å². The number of benzene rings is 1. The van der Waals surface area contributed by atoms with Gasteiger partial charge in [-0.25, -0.2) is 0 Å². The Kier molecular flexibility index (Phi) is 2.01. The highest BCUT2D eigenvalue weighted by atomic mass is 16.5. The van der Waals surface area contributed by atoms with Gasteiger partial charge >= 0.3 is 0 Å². The molecule has 0 unspecified atom stereocenters. The van der Waals surface area contributed by atoms with Gasteiger partial charge in [0.1, 0.15) is 5.75 Å². The van der Waals surface area contributed by atoms with E-state index in [1.165, 1.54) is 5.56 Å². The summed E-state index contributed by atoms with van der Waals surface area (Å²) < 4.78 is 5.26. The molecule has 0 saturated heterocycles. The molecule has 1 N–H and O–H groups in total. The molecule has 0 spiro atoms. The van der Waals surface area contributed by atoms with Crippen LogP contribution in [0.2, 0.25) is 6.82 Å². The maximum Gasteiger partial charge on any atom is 0.275 e. The number of ether oxygens (including phenoxy) is 1. The van der Waals surface area contributed by atoms with Gasteiger partial charge in [-0.1, -0.05) is 31.0 Å². The molecular formula is C10H12BNO. The van der Waals surface area contributed by atoms with E-state index in [1.54, 1.807) is 7.11 Å². The lowest BCUT2D eigenvalue weighted by atomic mass is 9.63. The molecule has 1 heterocycles. The number of nitrogens with one attached hydrogen (secondary N) is 1. The van der Waals surface area contributed by atoms with Gasteiger partial charge in [-0.3, -0.25) is 0 Å². The summed E-state index contributed by atoms with van der Waals surface area (Å²) in [4.78, 5) is 0. The lowest BCUT2D eigenvalue weighted by Gasteiger charge is -2.19. The molecule has 0 atom stereocenters. The van der Waals surface area contributed by atoms with Crippen molar-refractivity contribution in [2.24, 2.45) is 0 Å². The largest absolute Gasteiger partial charge is 0.495 e. The Labute approximate surface area is 78.7 Å². The third-order valence-electron chi connectivity index (χ3n) is 2.21. The zero-order chi connectivity index (χ0) is 9.26. The number of anilines is 1. The summed E-state index contributed by atoms with van der Waals surface area (Å²) in [5.41, 5.74) is 2.29. The maximum absolute atomic E-state index is 5.26. The summed E-state index contributed by atoms with van der Waals surface area (Å²) >= 11 is 0. The highest BCUT2D eigenvalue weighted by Gasteiger charge is 2.14. The van der Waals surface area contributed by atoms with Crippen LogP contribution in [-0.2, 0) is 0 Å². The van der Waals surface area contributed by atoms with E-state index < -0.39 is 0 Å². The van der Waals surface area contributed by atoms with Gasteiger partial charge in [0.25, 0.3) is 6.85 Å². The first kappa shape index (κ1) is 8.23. The Morgan fingerprint density at radius 1 is 1.38 bits per heavy atom. The second-order valence-corrected chi connectivity index (χ2v) is 3.22. The van der Waals surface area contributed by atoms with Crippen LogP contribution in [0.25, 0.3) is 6.08 Å². The number of rotatable bonds is 1. The molecule has 0 radical (unpaired) electrons. The zero-order valence-electron chi connectivity index (χ0n) is 7.87. The van der Waals surface area contributed by atoms with Gasteiger partial charge in [-0.15, -0.1) is 0 Å². The van der Waals surface area contributed by atoms with Crippen LogP contribution < -0.4 is 9.96 Å². The van der Waals surface area contributed by atoms with Crippen LogP contribution in [0.4, 0.5) is 5.69 Å². The number of methoxy groups -OCH3 is 1. The van der Waals surface area contributed by atoms with Gasteiger partial charge in [0, 0.05) is 0 Å². The molecule has 0 aliphatic carbocycles. The molecule has 13 heavy (non-hydrogen) atoms. The van der Waals surface area contributed by atoms with Gasteiger partial charge in [-0.2, -0.15) is 0 Å². The topological polar surface area (TPSA) is 21.3 Å². The van der Waals surface area contributed by atoms with Crippen molar-refractivity contribution < 1.29 is 4.74 Å². The first-order valence-electron chi connectivity index (χ1n) is 4.43. The molecular weight excluding hydrogens is 161 g/mol. The molecule has 1 aromatic carbocycles. The summed E-state index contributed by atoms with van der Waals surface area (Å²) in [6, 6.07) is 6.05. The van der Waals surface area contributed by atoms with Crippen LogP contribution in [-0.4, -0.2) is 14.0 Å². The Morgan fingerprint density at radius 3 is 3.00 bits per heavy atom. The summed E-state index contributed by atoms with van der Waals surface area (Å²) in [5.74, 6) is 3.05. The Morgan fingerprint density at radius 2 is 2.23 bits per heavy atom. The van der Waals surface area contributed by atoms with Crippen LogP contribution in [0.3, 0.4) is 0 Å². The number of fused-ring (bicyclic) bond motifs is 1. The molecule has 0 amide bonds. The van der Waals surface area contributed by atoms with Crippen LogP contribution in [0.5, 0.6) is 5.75 Å². The minimum Gasteiger partial charge on any atom is -0.495 e. The maximum atomic E-state index is 5.26. The predicted molar refractivity (Wildman–Crippen MR) is 57.3 cm³/mol. The zero-order valence-corrected chi connectivity index (χ0v) is 7.87. The minimum atomic E-state index is 0.379. The Balaban J connectivity index is 2.49. The second kappa shape index (κ2) is 3.17. The van der Waals surface area contributed by atoms with E-state index >= 15 is 0 Å². The van der Waals surface area contributed by atoms with E-state index in [0.717, 1.165) is 11.4 Å². The van der Waals surface area contributed by atoms with Crippen molar-refractivity contribution in [2.75, 3.05) is 12.3 Å². The lowest BCUT2D eigenvalue weighted by molar-refractivity contribution is 0.417. The molecule has 2 rings (SSSR count). The normalized spacial score (nSPS) is 13.5. The molecule has 0 fully saturated rings. The van der Waals surface area contributed by atoms with Gasteiger partial charge in [0.15, 0.2) is 0 Å². The first-order chi connectivity index (χ1) is 6.31. The number of para-hydroxylation sites is 1. The molecule has 1 aliphatic heterocycles. The standard InChI is InChI=1S/C10H12BNO/c1-11-7-6-8-4-3-5-9(13-2)10(8)12-11/h3-7,12H,1-2H3. The Hall–Kier alpha value is -1.38. The lowest BCUT2D eigenvalue weighted by Crippen LogP contribution is -2.21. The van der Waals surface area contributed by atoms with Crippen molar-refractivity contribution in [1.82, 2.24) is 0 Å². The van der Waals surface area contributed by atoms with Crippen LogP contribution in [0.1, 0.15) is 5.56 Å². The highest BCUT2D eigenvalue weighted by Crippen LogP contribution is 2.31. The third-order valence-corrected chi connectivity index (χ3v) is 2.21. The van der Waals surface area contributed by atoms with E-state index in [4.69, 9.17) is 4.74 Å². The molecule has 0 bridgehead atoms. The molecule has 0 aromatic heterocycles. The van der Waals surface area contributed by atoms with E-state index in [9.17, 15) is 0 Å². The average Bonchev–Trinajstić information content (AvgIpc) is 2.17. The van der Waals surface area contributed by atoms with Crippen molar-refractivity contribution >= 4 is 18.6 Å². The molecule has 66 valence electrons. The van der Waals surface area contributed by atoms with Gasteiger partial charge < -0.3 is 9.96 Å². The SMILES string of the molecule is COc1cccc2c1NB(C)C=C2. The fourth-order valence-corrected chi connectivity index (χ4v) is 1.54. The minimum absolute atomic E-state index is 0.379. The molecule has 1 aliphatic rings. The fourth-order valence-electron chi connectivity index (χ4n) is 1.54. The van der Waals surface area contributed by atoms with Crippen LogP contribution in [0, 0.1) is 0 Å². The summed E-state index contributed by atoms with van der Waals surface area (Å²) in [6.07, 6.45) is 2.12. The quantitative estimate of drug-likeness (QED) is 0.657. The van der Waals surface area contributed by atoms with Gasteiger partial charge in [0.2, 0.25) is 0 Å². The van der Waals surface area contributed by atoms with Crippen LogP contribution in [0.15, 0.2) is 24.2 Å². The Bertz CT molecular complexity index is 349. The van der Waals surface area contributed by atoms with Crippen molar-refractivity contribution in [3.63, 3.8) is 0 Å². The van der Waals surface area contributed by atoms with E-state index in [1.807, 2.05) is 12.1 Å². The average molecular weight is 173 g/mol. The molecule has 0 saturated carbocycles. The molecule has 2 nitrogen and oxygen atoms in total. The summed E-state index contributed by atoms with van der Waals surface area (Å²) in [6.45, 7) is 2.50. The second-order valence-electron chi connectivity index (χ2n) is 3.22. The molecule has 3 heteroatoms. The van der Waals surface area contributed by atoms with Crippen molar-refractivity contribution in [1.29, 1.82) is 0 Å². The monoisotopic (exact) mass is 173 g/mol. The van der Waals surface area contributed by atoms with Crippen molar-refractivity contribution in [2.45, 2.75) is 6.82 Å². The van der Waals surface area contributed by atoms with Gasteiger partial charge in [0.05, 0.1) is 12.8 Å². The van der Waals surface area contributed by atoms with Gasteiger partial charge in [-0.05, 0) is 11.6 Å². The number of hydrogen-bond donors (Lipinski definition) is 1. The predicted octanol–water partition coefficient (Wildman–Crippen LogP) is 2.29. The fraction of sp³-hybridized carbons (Fsp3) is 0.200. The third kappa shape index (κ3) is 1.42. The summed E-state index contributed by atoms with van der Waals surface area (Å²) in [7, 11) is 1.69. The molecule has 1 aromatic rings. The van der Waals surface area contributed by atoms with Crippen molar-refractivity contribution in [3.05, 3.63) is 29.7 Å². The first-order valence-corrected chi connectivity index (χ1v) is 4.43. The smallest absolute Gasteiger partial charge is 0.275 e. The van der Waals surface area contributed by atoms with E-state index in [0.29, 0.717) is 6.85 Å².